The largest absolute Gasteiger partial charge is 0.457 e. The van der Waals surface area contributed by atoms with E-state index in [0.29, 0.717) is 29.1 Å². The van der Waals surface area contributed by atoms with Crippen LogP contribution in [0.3, 0.4) is 0 Å². The summed E-state index contributed by atoms with van der Waals surface area (Å²) >= 11 is 0. The zero-order valence-electron chi connectivity index (χ0n) is 22.2. The first-order chi connectivity index (χ1) is 18.6. The lowest BCUT2D eigenvalue weighted by atomic mass is 9.82. The highest BCUT2D eigenvalue weighted by Crippen LogP contribution is 2.36. The van der Waals surface area contributed by atoms with Gasteiger partial charge in [0.2, 0.25) is 0 Å². The second kappa shape index (κ2) is 12.6. The van der Waals surface area contributed by atoms with Gasteiger partial charge in [0, 0.05) is 51.0 Å². The number of aliphatic hydroxyl groups is 1. The second-order valence-electron chi connectivity index (χ2n) is 10.4. The summed E-state index contributed by atoms with van der Waals surface area (Å²) in [5.74, 6) is 1.85. The van der Waals surface area contributed by atoms with E-state index in [1.165, 1.54) is 11.1 Å². The summed E-state index contributed by atoms with van der Waals surface area (Å²) in [6.45, 7) is 4.03. The molecule has 3 aromatic carbocycles. The number of aliphatic hydroxyl groups excluding tert-OH is 1. The monoisotopic (exact) mass is 514 g/mol. The molecule has 1 saturated heterocycles. The molecule has 0 aromatic heterocycles. The molecule has 1 aliphatic carbocycles. The highest BCUT2D eigenvalue weighted by atomic mass is 16.5. The second-order valence-corrected chi connectivity index (χ2v) is 10.4. The van der Waals surface area contributed by atoms with E-state index in [9.17, 15) is 9.90 Å². The SMILES string of the molecule is COC1CCC(c2ccc(Oc3ccc(C(=O)N4CCN(Cc5ccccc5)CC4)cc3)c(CO)c2)CC1. The summed E-state index contributed by atoms with van der Waals surface area (Å²) in [6.07, 6.45) is 4.71. The van der Waals surface area contributed by atoms with Gasteiger partial charge in [-0.15, -0.1) is 0 Å². The van der Waals surface area contributed by atoms with Crippen molar-refractivity contribution < 1.29 is 19.4 Å². The Bertz CT molecular complexity index is 1180. The van der Waals surface area contributed by atoms with Crippen LogP contribution < -0.4 is 4.74 Å². The van der Waals surface area contributed by atoms with E-state index in [2.05, 4.69) is 41.3 Å². The molecule has 6 nitrogen and oxygen atoms in total. The van der Waals surface area contributed by atoms with Gasteiger partial charge in [0.15, 0.2) is 0 Å². The van der Waals surface area contributed by atoms with Crippen LogP contribution in [-0.4, -0.2) is 60.2 Å². The molecule has 5 rings (SSSR count). The van der Waals surface area contributed by atoms with Gasteiger partial charge in [0.25, 0.3) is 5.91 Å². The van der Waals surface area contributed by atoms with E-state index in [4.69, 9.17) is 9.47 Å². The normalized spacial score (nSPS) is 20.3. The number of ether oxygens (including phenoxy) is 2. The van der Waals surface area contributed by atoms with Crippen molar-refractivity contribution in [3.63, 3.8) is 0 Å². The first kappa shape index (κ1) is 26.4. The number of carbonyl (C=O) groups is 1. The molecule has 1 amide bonds. The lowest BCUT2D eigenvalue weighted by Gasteiger charge is -2.34. The zero-order valence-corrected chi connectivity index (χ0v) is 22.2. The van der Waals surface area contributed by atoms with Crippen molar-refractivity contribution >= 4 is 5.91 Å². The van der Waals surface area contributed by atoms with Gasteiger partial charge < -0.3 is 19.5 Å². The molecule has 2 aliphatic rings. The van der Waals surface area contributed by atoms with Crippen molar-refractivity contribution in [1.82, 2.24) is 9.80 Å². The molecule has 38 heavy (non-hydrogen) atoms. The number of rotatable bonds is 8. The topological polar surface area (TPSA) is 62.2 Å². The van der Waals surface area contributed by atoms with E-state index in [-0.39, 0.29) is 12.5 Å². The van der Waals surface area contributed by atoms with Gasteiger partial charge in [0.05, 0.1) is 12.7 Å². The van der Waals surface area contributed by atoms with E-state index in [1.807, 2.05) is 41.3 Å². The number of nitrogens with zero attached hydrogens (tertiary/aromatic N) is 2. The maximum atomic E-state index is 13.1. The predicted molar refractivity (Wildman–Crippen MR) is 149 cm³/mol. The summed E-state index contributed by atoms with van der Waals surface area (Å²) in [4.78, 5) is 17.4. The highest BCUT2D eigenvalue weighted by Gasteiger charge is 2.24. The van der Waals surface area contributed by atoms with Crippen LogP contribution in [0, 0.1) is 0 Å². The third kappa shape index (κ3) is 6.44. The maximum Gasteiger partial charge on any atom is 0.253 e. The summed E-state index contributed by atoms with van der Waals surface area (Å²) in [5, 5.41) is 10.0. The Labute approximate surface area is 225 Å². The minimum atomic E-state index is -0.0800. The molecule has 6 heteroatoms. The molecule has 1 saturated carbocycles. The number of hydrogen-bond acceptors (Lipinski definition) is 5. The number of carbonyl (C=O) groups excluding carboxylic acids is 1. The summed E-state index contributed by atoms with van der Waals surface area (Å²) in [5.41, 5.74) is 4.00. The molecule has 200 valence electrons. The fraction of sp³-hybridized carbons (Fsp3) is 0.406. The molecule has 0 radical (unpaired) electrons. The lowest BCUT2D eigenvalue weighted by Crippen LogP contribution is -2.48. The van der Waals surface area contributed by atoms with Crippen LogP contribution in [0.1, 0.15) is 58.6 Å². The van der Waals surface area contributed by atoms with E-state index in [1.54, 1.807) is 7.11 Å². The fourth-order valence-electron chi connectivity index (χ4n) is 5.63. The average Bonchev–Trinajstić information content (AvgIpc) is 2.98. The molecule has 0 atom stereocenters. The Morgan fingerprint density at radius 3 is 2.26 bits per heavy atom. The molecule has 3 aromatic rings. The molecular formula is C32H38N2O4. The van der Waals surface area contributed by atoms with E-state index in [0.717, 1.165) is 64.0 Å². The van der Waals surface area contributed by atoms with Gasteiger partial charge in [-0.2, -0.15) is 0 Å². The first-order valence-corrected chi connectivity index (χ1v) is 13.7. The molecule has 0 bridgehead atoms. The van der Waals surface area contributed by atoms with Crippen molar-refractivity contribution in [3.8, 4) is 11.5 Å². The van der Waals surface area contributed by atoms with Gasteiger partial charge in [-0.3, -0.25) is 9.69 Å². The maximum absolute atomic E-state index is 13.1. The van der Waals surface area contributed by atoms with Crippen LogP contribution in [0.25, 0.3) is 0 Å². The Hall–Kier alpha value is -3.19. The summed E-state index contributed by atoms with van der Waals surface area (Å²) < 4.78 is 11.6. The minimum Gasteiger partial charge on any atom is -0.457 e. The first-order valence-electron chi connectivity index (χ1n) is 13.7. The van der Waals surface area contributed by atoms with Crippen LogP contribution in [0.4, 0.5) is 0 Å². The molecule has 2 fully saturated rings. The smallest absolute Gasteiger partial charge is 0.253 e. The minimum absolute atomic E-state index is 0.0551. The van der Waals surface area contributed by atoms with Gasteiger partial charge >= 0.3 is 0 Å². The van der Waals surface area contributed by atoms with Gasteiger partial charge in [0.1, 0.15) is 11.5 Å². The third-order valence-corrected chi connectivity index (χ3v) is 7.97. The van der Waals surface area contributed by atoms with E-state index < -0.39 is 0 Å². The molecule has 0 unspecified atom stereocenters. The van der Waals surface area contributed by atoms with Crippen LogP contribution in [0.15, 0.2) is 72.8 Å². The van der Waals surface area contributed by atoms with Gasteiger partial charge in [-0.05, 0) is 79.1 Å². The molecular weight excluding hydrogens is 476 g/mol. The highest BCUT2D eigenvalue weighted by molar-refractivity contribution is 5.94. The Morgan fingerprint density at radius 1 is 0.895 bits per heavy atom. The molecule has 1 heterocycles. The number of hydrogen-bond donors (Lipinski definition) is 1. The van der Waals surface area contributed by atoms with Crippen molar-refractivity contribution in [2.45, 2.75) is 50.9 Å². The predicted octanol–water partition coefficient (Wildman–Crippen LogP) is 5.60. The summed E-state index contributed by atoms with van der Waals surface area (Å²) in [6, 6.07) is 23.9. The summed E-state index contributed by atoms with van der Waals surface area (Å²) in [7, 11) is 1.79. The van der Waals surface area contributed by atoms with Gasteiger partial charge in [-0.25, -0.2) is 0 Å². The zero-order chi connectivity index (χ0) is 26.3. The standard InChI is InChI=1S/C32H38N2O4/c1-37-29-12-7-25(8-13-29)27-11-16-31(28(21-27)23-35)38-30-14-9-26(10-15-30)32(36)34-19-17-33(18-20-34)22-24-5-3-2-4-6-24/h2-6,9-11,14-16,21,25,29,35H,7-8,12-13,17-20,22-23H2,1H3. The Kier molecular flexibility index (Phi) is 8.74. The van der Waals surface area contributed by atoms with Crippen LogP contribution >= 0.6 is 0 Å². The number of amides is 1. The lowest BCUT2D eigenvalue weighted by molar-refractivity contribution is 0.0628. The third-order valence-electron chi connectivity index (χ3n) is 7.97. The van der Waals surface area contributed by atoms with Crippen molar-refractivity contribution in [2.24, 2.45) is 0 Å². The average molecular weight is 515 g/mol. The Balaban J connectivity index is 1.16. The molecule has 1 aliphatic heterocycles. The Morgan fingerprint density at radius 2 is 1.61 bits per heavy atom. The van der Waals surface area contributed by atoms with Crippen molar-refractivity contribution in [3.05, 3.63) is 95.1 Å². The van der Waals surface area contributed by atoms with Gasteiger partial charge in [-0.1, -0.05) is 36.4 Å². The quantitative estimate of drug-likeness (QED) is 0.424. The van der Waals surface area contributed by atoms with Crippen molar-refractivity contribution in [2.75, 3.05) is 33.3 Å². The molecule has 0 spiro atoms. The van der Waals surface area contributed by atoms with Crippen molar-refractivity contribution in [1.29, 1.82) is 0 Å². The number of methoxy groups -OCH3 is 1. The number of piperazine rings is 1. The van der Waals surface area contributed by atoms with Crippen LogP contribution in [0.5, 0.6) is 11.5 Å². The van der Waals surface area contributed by atoms with E-state index >= 15 is 0 Å². The molecule has 1 N–H and O–H groups in total. The fourth-order valence-corrected chi connectivity index (χ4v) is 5.63. The number of benzene rings is 3. The van der Waals surface area contributed by atoms with Crippen LogP contribution in [0.2, 0.25) is 0 Å². The van der Waals surface area contributed by atoms with Crippen LogP contribution in [-0.2, 0) is 17.9 Å².